The number of ether oxygens (including phenoxy) is 1. The molecular formula is C18H14N2O5S. The van der Waals surface area contributed by atoms with E-state index in [9.17, 15) is 9.59 Å². The van der Waals surface area contributed by atoms with E-state index in [1.165, 1.54) is 18.0 Å². The van der Waals surface area contributed by atoms with Crippen LogP contribution in [0, 0.1) is 0 Å². The van der Waals surface area contributed by atoms with Crippen LogP contribution in [0.4, 0.5) is 5.69 Å². The van der Waals surface area contributed by atoms with Gasteiger partial charge in [-0.2, -0.15) is 0 Å². The number of thioether (sulfide) groups is 1. The van der Waals surface area contributed by atoms with Crippen molar-refractivity contribution < 1.29 is 23.3 Å². The molecule has 0 aliphatic carbocycles. The number of amides is 1. The van der Waals surface area contributed by atoms with Crippen LogP contribution in [0.1, 0.15) is 23.0 Å². The number of benzene rings is 1. The lowest BCUT2D eigenvalue weighted by Gasteiger charge is -2.21. The number of fused-ring (bicyclic) bond motifs is 1. The minimum Gasteiger partial charge on any atom is -0.461 e. The van der Waals surface area contributed by atoms with Gasteiger partial charge in [-0.15, -0.1) is 11.8 Å². The molecule has 1 aliphatic rings. The Bertz CT molecular complexity index is 964. The smallest absolute Gasteiger partial charge is 0.338 e. The van der Waals surface area contributed by atoms with Gasteiger partial charge >= 0.3 is 5.97 Å². The fourth-order valence-electron chi connectivity index (χ4n) is 2.47. The molecule has 132 valence electrons. The predicted molar refractivity (Wildman–Crippen MR) is 93.7 cm³/mol. The highest BCUT2D eigenvalue weighted by Gasteiger charge is 2.24. The molecule has 7 nitrogen and oxygen atoms in total. The number of nitrogens with zero attached hydrogens (tertiary/aromatic N) is 1. The van der Waals surface area contributed by atoms with E-state index < -0.39 is 5.97 Å². The molecule has 3 heterocycles. The Morgan fingerprint density at radius 3 is 3.00 bits per heavy atom. The molecule has 8 heteroatoms. The standard InChI is InChI=1S/C18H14N2O5S/c1-10-17(21)19-13-7-11(4-5-16(13)26-10)18(22)24-9-12-8-15(25-20-12)14-3-2-6-23-14/h2-8,10H,9H2,1H3,(H,19,21)/t10-/m1/s1. The van der Waals surface area contributed by atoms with Gasteiger partial charge in [-0.3, -0.25) is 4.79 Å². The maximum absolute atomic E-state index is 12.3. The first-order valence-corrected chi connectivity index (χ1v) is 8.76. The van der Waals surface area contributed by atoms with E-state index in [0.717, 1.165) is 4.90 Å². The molecule has 1 N–H and O–H groups in total. The average Bonchev–Trinajstić information content (AvgIpc) is 3.31. The number of anilines is 1. The van der Waals surface area contributed by atoms with Crippen molar-refractivity contribution in [3.63, 3.8) is 0 Å². The molecule has 1 aromatic carbocycles. The van der Waals surface area contributed by atoms with Crippen LogP contribution in [0.25, 0.3) is 11.5 Å². The van der Waals surface area contributed by atoms with Crippen molar-refractivity contribution in [1.82, 2.24) is 5.16 Å². The lowest BCUT2D eigenvalue weighted by Crippen LogP contribution is -2.26. The SMILES string of the molecule is C[C@H]1Sc2ccc(C(=O)OCc3cc(-c4ccco4)on3)cc2NC1=O. The molecule has 4 rings (SSSR count). The monoisotopic (exact) mass is 370 g/mol. The van der Waals surface area contributed by atoms with Crippen LogP contribution in [0.2, 0.25) is 0 Å². The van der Waals surface area contributed by atoms with Crippen molar-refractivity contribution >= 4 is 29.3 Å². The second-order valence-electron chi connectivity index (χ2n) is 5.70. The highest BCUT2D eigenvalue weighted by atomic mass is 32.2. The summed E-state index contributed by atoms with van der Waals surface area (Å²) < 4.78 is 15.6. The molecule has 0 fully saturated rings. The highest BCUT2D eigenvalue weighted by Crippen LogP contribution is 2.36. The van der Waals surface area contributed by atoms with Gasteiger partial charge in [0.05, 0.1) is 22.8 Å². The van der Waals surface area contributed by atoms with Gasteiger partial charge in [0.15, 0.2) is 5.76 Å². The quantitative estimate of drug-likeness (QED) is 0.699. The molecule has 1 amide bonds. The fourth-order valence-corrected chi connectivity index (χ4v) is 3.40. The molecule has 2 aromatic heterocycles. The van der Waals surface area contributed by atoms with Crippen LogP contribution in [-0.2, 0) is 16.1 Å². The van der Waals surface area contributed by atoms with Gasteiger partial charge in [0.2, 0.25) is 11.7 Å². The van der Waals surface area contributed by atoms with Crippen LogP contribution in [0.3, 0.4) is 0 Å². The van der Waals surface area contributed by atoms with Crippen LogP contribution in [0.5, 0.6) is 0 Å². The van der Waals surface area contributed by atoms with E-state index in [2.05, 4.69) is 10.5 Å². The Balaban J connectivity index is 1.43. The van der Waals surface area contributed by atoms with Crippen molar-refractivity contribution in [3.05, 3.63) is 53.9 Å². The normalized spacial score (nSPS) is 16.0. The second kappa shape index (κ2) is 6.72. The van der Waals surface area contributed by atoms with Crippen molar-refractivity contribution in [2.24, 2.45) is 0 Å². The molecule has 0 spiro atoms. The summed E-state index contributed by atoms with van der Waals surface area (Å²) in [4.78, 5) is 25.0. The summed E-state index contributed by atoms with van der Waals surface area (Å²) in [6.07, 6.45) is 1.53. The topological polar surface area (TPSA) is 94.6 Å². The fraction of sp³-hybridized carbons (Fsp3) is 0.167. The Labute approximate surface area is 152 Å². The first kappa shape index (κ1) is 16.5. The molecule has 0 saturated carbocycles. The summed E-state index contributed by atoms with van der Waals surface area (Å²) >= 11 is 1.46. The van der Waals surface area contributed by atoms with Gasteiger partial charge in [-0.05, 0) is 37.3 Å². The number of hydrogen-bond acceptors (Lipinski definition) is 7. The van der Waals surface area contributed by atoms with Gasteiger partial charge in [0.25, 0.3) is 0 Å². The van der Waals surface area contributed by atoms with E-state index >= 15 is 0 Å². The third kappa shape index (κ3) is 3.23. The lowest BCUT2D eigenvalue weighted by molar-refractivity contribution is -0.115. The van der Waals surface area contributed by atoms with Crippen LogP contribution >= 0.6 is 11.8 Å². The molecule has 0 saturated heterocycles. The van der Waals surface area contributed by atoms with Crippen molar-refractivity contribution in [3.8, 4) is 11.5 Å². The van der Waals surface area contributed by atoms with E-state index in [-0.39, 0.29) is 17.8 Å². The molecule has 1 aliphatic heterocycles. The van der Waals surface area contributed by atoms with Gasteiger partial charge < -0.3 is 19.0 Å². The lowest BCUT2D eigenvalue weighted by atomic mass is 10.2. The Hall–Kier alpha value is -3.00. The number of nitrogens with one attached hydrogen (secondary N) is 1. The van der Waals surface area contributed by atoms with E-state index in [1.807, 2.05) is 6.92 Å². The molecule has 0 bridgehead atoms. The summed E-state index contributed by atoms with van der Waals surface area (Å²) in [7, 11) is 0. The summed E-state index contributed by atoms with van der Waals surface area (Å²) in [5, 5.41) is 6.49. The molecule has 26 heavy (non-hydrogen) atoms. The van der Waals surface area contributed by atoms with Gasteiger partial charge in [-0.25, -0.2) is 4.79 Å². The maximum Gasteiger partial charge on any atom is 0.338 e. The summed E-state index contributed by atoms with van der Waals surface area (Å²) in [6, 6.07) is 10.2. The Morgan fingerprint density at radius 2 is 2.19 bits per heavy atom. The molecule has 3 aromatic rings. The number of rotatable bonds is 4. The first-order chi connectivity index (χ1) is 12.6. The second-order valence-corrected chi connectivity index (χ2v) is 7.08. The summed E-state index contributed by atoms with van der Waals surface area (Å²) in [6.45, 7) is 1.80. The van der Waals surface area contributed by atoms with Crippen LogP contribution in [-0.4, -0.2) is 22.3 Å². The van der Waals surface area contributed by atoms with Crippen LogP contribution in [0.15, 0.2) is 56.5 Å². The number of aromatic nitrogens is 1. The van der Waals surface area contributed by atoms with Crippen molar-refractivity contribution in [2.45, 2.75) is 23.7 Å². The highest BCUT2D eigenvalue weighted by molar-refractivity contribution is 8.00. The number of esters is 1. The molecule has 0 radical (unpaired) electrons. The van der Waals surface area contributed by atoms with Crippen molar-refractivity contribution in [1.29, 1.82) is 0 Å². The average molecular weight is 370 g/mol. The maximum atomic E-state index is 12.3. The summed E-state index contributed by atoms with van der Waals surface area (Å²) in [5.41, 5.74) is 1.45. The molecular weight excluding hydrogens is 356 g/mol. The summed E-state index contributed by atoms with van der Waals surface area (Å²) in [5.74, 6) is 0.421. The Kier molecular flexibility index (Phi) is 4.26. The Morgan fingerprint density at radius 1 is 1.31 bits per heavy atom. The van der Waals surface area contributed by atoms with Gasteiger partial charge in [0.1, 0.15) is 12.3 Å². The largest absolute Gasteiger partial charge is 0.461 e. The number of carbonyl (C=O) groups is 2. The van der Waals surface area contributed by atoms with E-state index in [4.69, 9.17) is 13.7 Å². The van der Waals surface area contributed by atoms with E-state index in [0.29, 0.717) is 28.5 Å². The third-order valence-electron chi connectivity index (χ3n) is 3.82. The zero-order valence-electron chi connectivity index (χ0n) is 13.7. The van der Waals surface area contributed by atoms with E-state index in [1.54, 1.807) is 36.4 Å². The number of hydrogen-bond donors (Lipinski definition) is 1. The minimum absolute atomic E-state index is 0.0295. The third-order valence-corrected chi connectivity index (χ3v) is 5.00. The number of furan rings is 1. The number of carbonyl (C=O) groups excluding carboxylic acids is 2. The van der Waals surface area contributed by atoms with Crippen LogP contribution < -0.4 is 5.32 Å². The zero-order chi connectivity index (χ0) is 18.1. The minimum atomic E-state index is -0.506. The predicted octanol–water partition coefficient (Wildman–Crippen LogP) is 3.72. The molecule has 0 unspecified atom stereocenters. The van der Waals surface area contributed by atoms with Gasteiger partial charge in [-0.1, -0.05) is 5.16 Å². The zero-order valence-corrected chi connectivity index (χ0v) is 14.5. The van der Waals surface area contributed by atoms with Gasteiger partial charge in [0, 0.05) is 11.0 Å². The van der Waals surface area contributed by atoms with Crippen molar-refractivity contribution in [2.75, 3.05) is 5.32 Å². The molecule has 1 atom stereocenters. The first-order valence-electron chi connectivity index (χ1n) is 7.88.